The van der Waals surface area contributed by atoms with E-state index in [9.17, 15) is 14.7 Å². The van der Waals surface area contributed by atoms with Crippen molar-refractivity contribution in [3.8, 4) is 11.8 Å². The van der Waals surface area contributed by atoms with Gasteiger partial charge < -0.3 is 10.0 Å². The Morgan fingerprint density at radius 2 is 1.89 bits per heavy atom. The predicted molar refractivity (Wildman–Crippen MR) is 116 cm³/mol. The molecule has 0 radical (unpaired) electrons. The molecular weight excluding hydrogens is 370 g/mol. The van der Waals surface area contributed by atoms with Gasteiger partial charge in [0, 0.05) is 17.4 Å². The maximum absolute atomic E-state index is 13.5. The average molecular weight is 404 g/mol. The SMILES string of the molecule is CC(C)N(C(=O)[C@H]1CC[C@H](C)C[C@@H]1C)c1cc(C#CC(C)(C)C)sc1C(=O)O. The summed E-state index contributed by atoms with van der Waals surface area (Å²) in [6.07, 6.45) is 2.96. The fourth-order valence-corrected chi connectivity index (χ4v) is 4.73. The minimum atomic E-state index is -1.01. The minimum Gasteiger partial charge on any atom is -0.477 e. The molecule has 1 N–H and O–H groups in total. The summed E-state index contributed by atoms with van der Waals surface area (Å²) in [4.78, 5) is 27.9. The molecule has 1 aliphatic rings. The number of carboxylic acid groups (broad SMARTS) is 1. The number of amides is 1. The number of carbonyl (C=O) groups excluding carboxylic acids is 1. The zero-order valence-corrected chi connectivity index (χ0v) is 18.9. The van der Waals surface area contributed by atoms with E-state index in [-0.39, 0.29) is 28.2 Å². The molecule has 1 aromatic heterocycles. The van der Waals surface area contributed by atoms with E-state index < -0.39 is 5.97 Å². The van der Waals surface area contributed by atoms with Crippen LogP contribution < -0.4 is 4.90 Å². The maximum atomic E-state index is 13.5. The number of rotatable bonds is 4. The van der Waals surface area contributed by atoms with Gasteiger partial charge in [-0.15, -0.1) is 11.3 Å². The lowest BCUT2D eigenvalue weighted by atomic mass is 9.75. The number of anilines is 1. The van der Waals surface area contributed by atoms with Crippen molar-refractivity contribution in [2.75, 3.05) is 4.90 Å². The largest absolute Gasteiger partial charge is 0.477 e. The molecule has 1 saturated carbocycles. The van der Waals surface area contributed by atoms with E-state index in [1.807, 2.05) is 34.6 Å². The first-order valence-corrected chi connectivity index (χ1v) is 11.0. The second-order valence-corrected chi connectivity index (χ2v) is 10.5. The van der Waals surface area contributed by atoms with E-state index in [2.05, 4.69) is 25.7 Å². The fraction of sp³-hybridized carbons (Fsp3) is 0.652. The van der Waals surface area contributed by atoms with Crippen molar-refractivity contribution in [3.05, 3.63) is 15.8 Å². The normalized spacial score (nSPS) is 22.5. The molecule has 1 heterocycles. The predicted octanol–water partition coefficient (Wildman–Crippen LogP) is 5.66. The lowest BCUT2D eigenvalue weighted by molar-refractivity contribution is -0.125. The van der Waals surface area contributed by atoms with Gasteiger partial charge in [-0.2, -0.15) is 0 Å². The molecule has 0 aliphatic heterocycles. The van der Waals surface area contributed by atoms with Gasteiger partial charge in [0.2, 0.25) is 5.91 Å². The van der Waals surface area contributed by atoms with Gasteiger partial charge in [-0.3, -0.25) is 4.79 Å². The van der Waals surface area contributed by atoms with Crippen molar-refractivity contribution in [1.29, 1.82) is 0 Å². The Kier molecular flexibility index (Phi) is 6.98. The summed E-state index contributed by atoms with van der Waals surface area (Å²) < 4.78 is 0. The van der Waals surface area contributed by atoms with Crippen LogP contribution in [0.1, 0.15) is 82.3 Å². The summed E-state index contributed by atoms with van der Waals surface area (Å²) >= 11 is 1.15. The highest BCUT2D eigenvalue weighted by Crippen LogP contribution is 2.38. The fourth-order valence-electron chi connectivity index (χ4n) is 3.89. The van der Waals surface area contributed by atoms with Gasteiger partial charge in [0.25, 0.3) is 0 Å². The van der Waals surface area contributed by atoms with Crippen LogP contribution in [-0.4, -0.2) is 23.0 Å². The molecule has 0 aromatic carbocycles. The van der Waals surface area contributed by atoms with Crippen LogP contribution in [0.25, 0.3) is 0 Å². The molecule has 0 bridgehead atoms. The lowest BCUT2D eigenvalue weighted by Crippen LogP contribution is -2.44. The van der Waals surface area contributed by atoms with Crippen molar-refractivity contribution < 1.29 is 14.7 Å². The van der Waals surface area contributed by atoms with Crippen molar-refractivity contribution >= 4 is 28.9 Å². The third-order valence-electron chi connectivity index (χ3n) is 5.23. The number of hydrogen-bond donors (Lipinski definition) is 1. The molecule has 4 nitrogen and oxygen atoms in total. The Bertz CT molecular complexity index is 791. The summed E-state index contributed by atoms with van der Waals surface area (Å²) in [6, 6.07) is 1.66. The van der Waals surface area contributed by atoms with Crippen LogP contribution in [-0.2, 0) is 4.79 Å². The molecule has 28 heavy (non-hydrogen) atoms. The van der Waals surface area contributed by atoms with Crippen molar-refractivity contribution in [1.82, 2.24) is 0 Å². The van der Waals surface area contributed by atoms with Crippen LogP contribution >= 0.6 is 11.3 Å². The van der Waals surface area contributed by atoms with Gasteiger partial charge in [-0.1, -0.05) is 25.7 Å². The van der Waals surface area contributed by atoms with Gasteiger partial charge in [-0.25, -0.2) is 4.79 Å². The highest BCUT2D eigenvalue weighted by Gasteiger charge is 2.36. The molecule has 1 aromatic rings. The molecule has 5 heteroatoms. The first-order valence-electron chi connectivity index (χ1n) is 10.1. The molecule has 3 atom stereocenters. The second kappa shape index (κ2) is 8.69. The van der Waals surface area contributed by atoms with E-state index in [1.165, 1.54) is 0 Å². The Hall–Kier alpha value is -1.80. The van der Waals surface area contributed by atoms with Crippen molar-refractivity contribution in [3.63, 3.8) is 0 Å². The molecule has 1 fully saturated rings. The van der Waals surface area contributed by atoms with Crippen LogP contribution in [0, 0.1) is 35.0 Å². The molecule has 0 spiro atoms. The van der Waals surface area contributed by atoms with Crippen LogP contribution in [0.4, 0.5) is 5.69 Å². The summed E-state index contributed by atoms with van der Waals surface area (Å²) in [5.74, 6) is 6.19. The van der Waals surface area contributed by atoms with Crippen molar-refractivity contribution in [2.45, 2.75) is 73.8 Å². The topological polar surface area (TPSA) is 57.6 Å². The van der Waals surface area contributed by atoms with E-state index in [0.717, 1.165) is 30.6 Å². The molecule has 0 saturated heterocycles. The Labute approximate surface area is 173 Å². The summed E-state index contributed by atoms with van der Waals surface area (Å²) in [5.41, 5.74) is 0.316. The third kappa shape index (κ3) is 5.38. The van der Waals surface area contributed by atoms with Crippen LogP contribution in [0.5, 0.6) is 0 Å². The summed E-state index contributed by atoms with van der Waals surface area (Å²) in [7, 11) is 0. The van der Waals surface area contributed by atoms with E-state index in [4.69, 9.17) is 0 Å². The van der Waals surface area contributed by atoms with Gasteiger partial charge >= 0.3 is 5.97 Å². The quantitative estimate of drug-likeness (QED) is 0.660. The number of carboxylic acids is 1. The Morgan fingerprint density at radius 3 is 2.39 bits per heavy atom. The summed E-state index contributed by atoms with van der Waals surface area (Å²) in [6.45, 7) is 14.3. The zero-order chi connectivity index (χ0) is 21.2. The molecule has 0 unspecified atom stereocenters. The van der Waals surface area contributed by atoms with E-state index in [0.29, 0.717) is 22.4 Å². The van der Waals surface area contributed by atoms with Crippen LogP contribution in [0.15, 0.2) is 6.07 Å². The maximum Gasteiger partial charge on any atom is 0.348 e. The third-order valence-corrected chi connectivity index (χ3v) is 6.26. The second-order valence-electron chi connectivity index (χ2n) is 9.43. The van der Waals surface area contributed by atoms with Gasteiger partial charge in [0.05, 0.1) is 10.6 Å². The number of aromatic carboxylic acids is 1. The number of hydrogen-bond acceptors (Lipinski definition) is 3. The number of nitrogens with zero attached hydrogens (tertiary/aromatic N) is 1. The standard InChI is InChI=1S/C23H33NO3S/c1-14(2)24(21(25)18-9-8-15(3)12-16(18)4)19-13-17(10-11-23(5,6)7)28-20(19)22(26)27/h13-16,18H,8-9,12H2,1-7H3,(H,26,27)/t15-,16-,18-/m0/s1. The molecule has 1 aliphatic carbocycles. The first-order chi connectivity index (χ1) is 12.9. The van der Waals surface area contributed by atoms with Gasteiger partial charge in [0.15, 0.2) is 0 Å². The molecule has 154 valence electrons. The Morgan fingerprint density at radius 1 is 1.25 bits per heavy atom. The average Bonchev–Trinajstić information content (AvgIpc) is 2.96. The van der Waals surface area contributed by atoms with Gasteiger partial charge in [0.1, 0.15) is 4.88 Å². The first kappa shape index (κ1) is 22.5. The number of thiophene rings is 1. The Balaban J connectivity index is 2.44. The monoisotopic (exact) mass is 403 g/mol. The van der Waals surface area contributed by atoms with Gasteiger partial charge in [-0.05, 0) is 71.8 Å². The lowest BCUT2D eigenvalue weighted by Gasteiger charge is -2.37. The smallest absolute Gasteiger partial charge is 0.348 e. The summed E-state index contributed by atoms with van der Waals surface area (Å²) in [5, 5.41) is 9.74. The van der Waals surface area contributed by atoms with E-state index in [1.54, 1.807) is 11.0 Å². The van der Waals surface area contributed by atoms with E-state index >= 15 is 0 Å². The number of carbonyl (C=O) groups is 2. The molecular formula is C23H33NO3S. The van der Waals surface area contributed by atoms with Crippen LogP contribution in [0.3, 0.4) is 0 Å². The minimum absolute atomic E-state index is 0.0463. The molecule has 2 rings (SSSR count). The zero-order valence-electron chi connectivity index (χ0n) is 18.1. The molecule has 1 amide bonds. The van der Waals surface area contributed by atoms with Crippen molar-refractivity contribution in [2.24, 2.45) is 23.2 Å². The highest BCUT2D eigenvalue weighted by atomic mass is 32.1. The highest BCUT2D eigenvalue weighted by molar-refractivity contribution is 7.15. The van der Waals surface area contributed by atoms with Crippen LogP contribution in [0.2, 0.25) is 0 Å².